The Labute approximate surface area is 179 Å². The van der Waals surface area contributed by atoms with Gasteiger partial charge < -0.3 is 4.90 Å². The number of hydrogen-bond donors (Lipinski definition) is 0. The van der Waals surface area contributed by atoms with Crippen LogP contribution in [-0.4, -0.2) is 50.0 Å². The van der Waals surface area contributed by atoms with Crippen LogP contribution in [-0.2, 0) is 0 Å². The van der Waals surface area contributed by atoms with Gasteiger partial charge in [0.25, 0.3) is 0 Å². The molecule has 1 aliphatic rings. The third-order valence-electron chi connectivity index (χ3n) is 4.95. The van der Waals surface area contributed by atoms with Crippen LogP contribution in [0.3, 0.4) is 0 Å². The average molecular weight is 426 g/mol. The van der Waals surface area contributed by atoms with Crippen LogP contribution < -0.4 is 4.90 Å². The number of hydrogen-bond acceptors (Lipinski definition) is 7. The van der Waals surface area contributed by atoms with Crippen LogP contribution in [0.5, 0.6) is 0 Å². The van der Waals surface area contributed by atoms with Crippen LogP contribution >= 0.6 is 11.3 Å². The van der Waals surface area contributed by atoms with Crippen LogP contribution in [0.4, 0.5) is 15.8 Å². The first-order chi connectivity index (χ1) is 14.3. The molecule has 0 amide bonds. The number of aromatic nitrogens is 4. The van der Waals surface area contributed by atoms with Gasteiger partial charge in [-0.05, 0) is 58.4 Å². The molecule has 0 aliphatic carbocycles. The van der Waals surface area contributed by atoms with Crippen molar-refractivity contribution in [1.82, 2.24) is 19.9 Å². The summed E-state index contributed by atoms with van der Waals surface area (Å²) in [6.45, 7) is 11.1. The van der Waals surface area contributed by atoms with Crippen LogP contribution in [0, 0.1) is 6.92 Å². The van der Waals surface area contributed by atoms with Crippen molar-refractivity contribution < 1.29 is 4.39 Å². The molecule has 1 aromatic carbocycles. The van der Waals surface area contributed by atoms with Gasteiger partial charge in [-0.15, -0.1) is 26.3 Å². The number of aliphatic imine (C=N–C) groups is 1. The van der Waals surface area contributed by atoms with E-state index in [1.807, 2.05) is 24.4 Å². The van der Waals surface area contributed by atoms with Crippen molar-refractivity contribution in [2.45, 2.75) is 40.3 Å². The van der Waals surface area contributed by atoms with Gasteiger partial charge in [0, 0.05) is 30.4 Å². The fraction of sp³-hybridized carbons (Fsp3) is 0.381. The smallest absolute Gasteiger partial charge is 0.212 e. The standard InChI is InChI=1S/C21H24FN7S/c1-6-28(7-2)14-8-9-15(13(3)12-14)24-16-17(21(4,5)22)26-29-19(16)25-18(27-29)20-23-10-11-30-20/h8-12H,6-7H2,1-5H3. The zero-order valence-electron chi connectivity index (χ0n) is 17.7. The summed E-state index contributed by atoms with van der Waals surface area (Å²) < 4.78 is 14.9. The van der Waals surface area contributed by atoms with E-state index in [4.69, 9.17) is 4.99 Å². The van der Waals surface area contributed by atoms with E-state index in [2.05, 4.69) is 45.0 Å². The molecule has 1 aliphatic heterocycles. The Hall–Kier alpha value is -2.94. The third kappa shape index (κ3) is 3.65. The number of anilines is 1. The molecule has 0 unspecified atom stereocenters. The number of thiazole rings is 1. The summed E-state index contributed by atoms with van der Waals surface area (Å²) in [4.78, 5) is 17.2. The number of fused-ring (bicyclic) bond motifs is 1. The highest BCUT2D eigenvalue weighted by molar-refractivity contribution is 7.13. The van der Waals surface area contributed by atoms with Gasteiger partial charge in [0.2, 0.25) is 11.6 Å². The van der Waals surface area contributed by atoms with Gasteiger partial charge in [-0.25, -0.2) is 19.4 Å². The molecule has 156 valence electrons. The van der Waals surface area contributed by atoms with E-state index in [-0.39, 0.29) is 5.71 Å². The second-order valence-corrected chi connectivity index (χ2v) is 8.40. The van der Waals surface area contributed by atoms with Gasteiger partial charge in [-0.1, -0.05) is 0 Å². The highest BCUT2D eigenvalue weighted by Crippen LogP contribution is 2.29. The Morgan fingerprint density at radius 3 is 2.60 bits per heavy atom. The predicted octanol–water partition coefficient (Wildman–Crippen LogP) is 4.64. The molecular formula is C21H24FN7S. The predicted molar refractivity (Wildman–Crippen MR) is 120 cm³/mol. The number of nitrogens with zero attached hydrogens (tertiary/aromatic N) is 7. The Balaban J connectivity index is 1.79. The molecule has 4 rings (SSSR count). The Bertz CT molecular complexity index is 1120. The van der Waals surface area contributed by atoms with Crippen LogP contribution in [0.15, 0.2) is 39.9 Å². The fourth-order valence-corrected chi connectivity index (χ4v) is 3.93. The van der Waals surface area contributed by atoms with Gasteiger partial charge in [0.1, 0.15) is 11.4 Å². The number of alkyl halides is 1. The summed E-state index contributed by atoms with van der Waals surface area (Å²) in [6, 6.07) is 6.10. The molecule has 0 saturated carbocycles. The Morgan fingerprint density at radius 1 is 1.23 bits per heavy atom. The van der Waals surface area contributed by atoms with Gasteiger partial charge in [-0.3, -0.25) is 0 Å². The van der Waals surface area contributed by atoms with Gasteiger partial charge in [0.05, 0.1) is 5.69 Å². The summed E-state index contributed by atoms with van der Waals surface area (Å²) >= 11 is 1.44. The molecule has 0 spiro atoms. The van der Waals surface area contributed by atoms with E-state index < -0.39 is 5.67 Å². The highest BCUT2D eigenvalue weighted by Gasteiger charge is 2.38. The van der Waals surface area contributed by atoms with Gasteiger partial charge in [0.15, 0.2) is 10.7 Å². The number of aryl methyl sites for hydroxylation is 1. The lowest BCUT2D eigenvalue weighted by Crippen LogP contribution is -2.32. The quantitative estimate of drug-likeness (QED) is 0.577. The summed E-state index contributed by atoms with van der Waals surface area (Å²) in [5, 5.41) is 11.3. The second-order valence-electron chi connectivity index (χ2n) is 7.51. The van der Waals surface area contributed by atoms with E-state index in [1.165, 1.54) is 30.0 Å². The largest absolute Gasteiger partial charge is 0.372 e. The molecule has 30 heavy (non-hydrogen) atoms. The summed E-state index contributed by atoms with van der Waals surface area (Å²) in [5.41, 5.74) is 1.83. The Kier molecular flexibility index (Phi) is 5.23. The topological polar surface area (TPSA) is 71.6 Å². The van der Waals surface area contributed by atoms with E-state index in [9.17, 15) is 4.39 Å². The number of benzene rings is 1. The molecule has 0 radical (unpaired) electrons. The molecule has 7 nitrogen and oxygen atoms in total. The zero-order chi connectivity index (χ0) is 21.5. The summed E-state index contributed by atoms with van der Waals surface area (Å²) in [5.74, 6) is 0.883. The SMILES string of the molecule is CCN(CC)c1ccc(N=C2C(C(C)(C)F)=Nn3nc(-c4nccs4)nc32)c(C)c1. The molecule has 2 aromatic heterocycles. The van der Waals surface area contributed by atoms with Crippen molar-refractivity contribution in [2.75, 3.05) is 18.0 Å². The van der Waals surface area contributed by atoms with Crippen molar-refractivity contribution in [3.8, 4) is 10.8 Å². The maximum atomic E-state index is 14.9. The van der Waals surface area contributed by atoms with E-state index in [0.717, 1.165) is 30.0 Å². The van der Waals surface area contributed by atoms with Crippen molar-refractivity contribution in [1.29, 1.82) is 0 Å². The first kappa shape index (κ1) is 20.3. The van der Waals surface area contributed by atoms with Crippen molar-refractivity contribution in [3.05, 3.63) is 41.2 Å². The van der Waals surface area contributed by atoms with Crippen LogP contribution in [0.25, 0.3) is 10.8 Å². The molecule has 9 heteroatoms. The van der Waals surface area contributed by atoms with Gasteiger partial charge in [-0.2, -0.15) is 0 Å². The lowest BCUT2D eigenvalue weighted by atomic mass is 10.0. The maximum Gasteiger partial charge on any atom is 0.212 e. The first-order valence-electron chi connectivity index (χ1n) is 9.92. The minimum absolute atomic E-state index is 0.218. The fourth-order valence-electron chi connectivity index (χ4n) is 3.37. The average Bonchev–Trinajstić information content (AvgIpc) is 3.41. The lowest BCUT2D eigenvalue weighted by Gasteiger charge is -2.21. The lowest BCUT2D eigenvalue weighted by molar-refractivity contribution is 0.316. The normalized spacial score (nSPS) is 14.9. The van der Waals surface area contributed by atoms with Crippen molar-refractivity contribution >= 4 is 34.1 Å². The molecule has 0 saturated heterocycles. The summed E-state index contributed by atoms with van der Waals surface area (Å²) in [6.07, 6.45) is 1.70. The minimum Gasteiger partial charge on any atom is -0.372 e. The minimum atomic E-state index is -1.68. The molecule has 0 atom stereocenters. The second kappa shape index (κ2) is 7.71. The molecule has 3 heterocycles. The number of halogens is 1. The zero-order valence-corrected chi connectivity index (χ0v) is 18.5. The third-order valence-corrected chi connectivity index (χ3v) is 5.72. The maximum absolute atomic E-state index is 14.9. The van der Waals surface area contributed by atoms with Crippen LogP contribution in [0.1, 0.15) is 39.1 Å². The van der Waals surface area contributed by atoms with Crippen molar-refractivity contribution in [2.24, 2.45) is 10.1 Å². The first-order valence-corrected chi connectivity index (χ1v) is 10.8. The van der Waals surface area contributed by atoms with Gasteiger partial charge >= 0.3 is 0 Å². The molecule has 0 N–H and O–H groups in total. The Morgan fingerprint density at radius 2 is 2.00 bits per heavy atom. The summed E-state index contributed by atoms with van der Waals surface area (Å²) in [7, 11) is 0. The molecule has 3 aromatic rings. The van der Waals surface area contributed by atoms with E-state index in [1.54, 1.807) is 6.20 Å². The molecule has 0 bridgehead atoms. The van der Waals surface area contributed by atoms with Crippen molar-refractivity contribution in [3.63, 3.8) is 0 Å². The monoisotopic (exact) mass is 425 g/mol. The highest BCUT2D eigenvalue weighted by atomic mass is 32.1. The molecule has 0 fully saturated rings. The van der Waals surface area contributed by atoms with E-state index in [0.29, 0.717) is 22.4 Å². The van der Waals surface area contributed by atoms with E-state index >= 15 is 0 Å². The number of rotatable bonds is 6. The van der Waals surface area contributed by atoms with Crippen LogP contribution in [0.2, 0.25) is 0 Å². The molecular weight excluding hydrogens is 401 g/mol.